The van der Waals surface area contributed by atoms with E-state index in [4.69, 9.17) is 5.73 Å². The van der Waals surface area contributed by atoms with Crippen LogP contribution in [0, 0.1) is 0 Å². The number of nitrogens with two attached hydrogens (primary N) is 1. The zero-order valence-corrected chi connectivity index (χ0v) is 8.11. The van der Waals surface area contributed by atoms with Crippen molar-refractivity contribution in [1.82, 2.24) is 9.55 Å². The molecule has 1 aromatic heterocycles. The van der Waals surface area contributed by atoms with Gasteiger partial charge in [-0.25, -0.2) is 4.98 Å². The molecule has 1 aliphatic rings. The third-order valence-corrected chi connectivity index (χ3v) is 2.88. The molecule has 1 saturated carbocycles. The van der Waals surface area contributed by atoms with Crippen LogP contribution in [0.15, 0.2) is 12.5 Å². The standard InChI is InChI=1S/C10H17N3/c1-8(11)10-6-12-7-13(10)9-4-2-3-5-9/h6-9H,2-5,11H2,1H3/t8-/m1/s1. The van der Waals surface area contributed by atoms with Crippen LogP contribution in [-0.2, 0) is 0 Å². The molecule has 0 aliphatic heterocycles. The molecule has 13 heavy (non-hydrogen) atoms. The Morgan fingerprint density at radius 1 is 1.54 bits per heavy atom. The molecular formula is C10H17N3. The lowest BCUT2D eigenvalue weighted by Gasteiger charge is -2.16. The molecule has 0 radical (unpaired) electrons. The molecule has 1 aromatic rings. The quantitative estimate of drug-likeness (QED) is 0.754. The van der Waals surface area contributed by atoms with Crippen LogP contribution in [0.25, 0.3) is 0 Å². The van der Waals surface area contributed by atoms with E-state index >= 15 is 0 Å². The Hall–Kier alpha value is -0.830. The SMILES string of the molecule is C[C@@H](N)c1cncn1C1CCCC1. The van der Waals surface area contributed by atoms with E-state index in [2.05, 4.69) is 9.55 Å². The number of imidazole rings is 1. The fourth-order valence-electron chi connectivity index (χ4n) is 2.16. The third kappa shape index (κ3) is 1.61. The van der Waals surface area contributed by atoms with Crippen LogP contribution in [0.4, 0.5) is 0 Å². The van der Waals surface area contributed by atoms with Gasteiger partial charge in [-0.05, 0) is 19.8 Å². The van der Waals surface area contributed by atoms with Gasteiger partial charge in [0.1, 0.15) is 0 Å². The van der Waals surface area contributed by atoms with E-state index in [1.165, 1.54) is 31.4 Å². The number of nitrogens with zero attached hydrogens (tertiary/aromatic N) is 2. The summed E-state index contributed by atoms with van der Waals surface area (Å²) in [5, 5.41) is 0. The Kier molecular flexibility index (Phi) is 2.36. The first-order valence-corrected chi connectivity index (χ1v) is 5.06. The van der Waals surface area contributed by atoms with Gasteiger partial charge in [0.2, 0.25) is 0 Å². The lowest BCUT2D eigenvalue weighted by Crippen LogP contribution is -2.14. The van der Waals surface area contributed by atoms with Gasteiger partial charge in [-0.1, -0.05) is 12.8 Å². The van der Waals surface area contributed by atoms with Crippen molar-refractivity contribution in [1.29, 1.82) is 0 Å². The minimum absolute atomic E-state index is 0.100. The van der Waals surface area contributed by atoms with Crippen molar-refractivity contribution in [2.24, 2.45) is 5.73 Å². The molecular weight excluding hydrogens is 162 g/mol. The zero-order chi connectivity index (χ0) is 9.26. The molecule has 2 N–H and O–H groups in total. The van der Waals surface area contributed by atoms with Crippen molar-refractivity contribution in [2.45, 2.75) is 44.7 Å². The summed E-state index contributed by atoms with van der Waals surface area (Å²) in [6.07, 6.45) is 9.09. The van der Waals surface area contributed by atoms with E-state index in [0.717, 1.165) is 0 Å². The molecule has 1 atom stereocenters. The van der Waals surface area contributed by atoms with Crippen molar-refractivity contribution in [2.75, 3.05) is 0 Å². The van der Waals surface area contributed by atoms with Gasteiger partial charge in [0.15, 0.2) is 0 Å². The average molecular weight is 179 g/mol. The van der Waals surface area contributed by atoms with Crippen LogP contribution in [0.1, 0.15) is 50.4 Å². The second kappa shape index (κ2) is 3.50. The smallest absolute Gasteiger partial charge is 0.0951 e. The summed E-state index contributed by atoms with van der Waals surface area (Å²) in [6, 6.07) is 0.756. The van der Waals surface area contributed by atoms with Gasteiger partial charge < -0.3 is 10.3 Å². The minimum Gasteiger partial charge on any atom is -0.330 e. The lowest BCUT2D eigenvalue weighted by molar-refractivity contribution is 0.488. The summed E-state index contributed by atoms with van der Waals surface area (Å²) in [7, 11) is 0. The van der Waals surface area contributed by atoms with Crippen LogP contribution in [0.3, 0.4) is 0 Å². The first-order chi connectivity index (χ1) is 6.29. The summed E-state index contributed by atoms with van der Waals surface area (Å²) < 4.78 is 2.26. The largest absolute Gasteiger partial charge is 0.330 e. The molecule has 3 nitrogen and oxygen atoms in total. The normalized spacial score (nSPS) is 20.8. The molecule has 0 bridgehead atoms. The van der Waals surface area contributed by atoms with Gasteiger partial charge in [-0.3, -0.25) is 0 Å². The van der Waals surface area contributed by atoms with Crippen LogP contribution in [-0.4, -0.2) is 9.55 Å². The molecule has 1 heterocycles. The Morgan fingerprint density at radius 2 is 2.23 bits per heavy atom. The van der Waals surface area contributed by atoms with E-state index in [-0.39, 0.29) is 6.04 Å². The highest BCUT2D eigenvalue weighted by atomic mass is 15.1. The first-order valence-electron chi connectivity index (χ1n) is 5.06. The fourth-order valence-corrected chi connectivity index (χ4v) is 2.16. The topological polar surface area (TPSA) is 43.8 Å². The van der Waals surface area contributed by atoms with Gasteiger partial charge in [0.25, 0.3) is 0 Å². The van der Waals surface area contributed by atoms with Crippen LogP contribution >= 0.6 is 0 Å². The molecule has 2 rings (SSSR count). The van der Waals surface area contributed by atoms with Gasteiger partial charge in [0, 0.05) is 18.3 Å². The molecule has 3 heteroatoms. The predicted octanol–water partition coefficient (Wildman–Crippen LogP) is 2.02. The van der Waals surface area contributed by atoms with Crippen molar-refractivity contribution < 1.29 is 0 Å². The molecule has 0 saturated heterocycles. The van der Waals surface area contributed by atoms with E-state index in [1.54, 1.807) is 0 Å². The maximum atomic E-state index is 5.87. The predicted molar refractivity (Wildman–Crippen MR) is 52.3 cm³/mol. The maximum Gasteiger partial charge on any atom is 0.0951 e. The maximum absolute atomic E-state index is 5.87. The first kappa shape index (κ1) is 8.75. The second-order valence-corrected chi connectivity index (χ2v) is 3.95. The van der Waals surface area contributed by atoms with Crippen molar-refractivity contribution >= 4 is 0 Å². The lowest BCUT2D eigenvalue weighted by atomic mass is 10.2. The summed E-state index contributed by atoms with van der Waals surface area (Å²) >= 11 is 0. The number of hydrogen-bond donors (Lipinski definition) is 1. The molecule has 0 amide bonds. The summed E-state index contributed by atoms with van der Waals surface area (Å²) in [5.74, 6) is 0. The molecule has 1 fully saturated rings. The number of hydrogen-bond acceptors (Lipinski definition) is 2. The highest BCUT2D eigenvalue weighted by Crippen LogP contribution is 2.31. The zero-order valence-electron chi connectivity index (χ0n) is 8.11. The van der Waals surface area contributed by atoms with Crippen molar-refractivity contribution in [3.8, 4) is 0 Å². The van der Waals surface area contributed by atoms with E-state index < -0.39 is 0 Å². The average Bonchev–Trinajstić information content (AvgIpc) is 2.74. The highest BCUT2D eigenvalue weighted by molar-refractivity contribution is 5.05. The van der Waals surface area contributed by atoms with Gasteiger partial charge in [-0.2, -0.15) is 0 Å². The highest BCUT2D eigenvalue weighted by Gasteiger charge is 2.19. The van der Waals surface area contributed by atoms with E-state index in [1.807, 2.05) is 19.4 Å². The molecule has 1 aliphatic carbocycles. The van der Waals surface area contributed by atoms with E-state index in [9.17, 15) is 0 Å². The molecule has 0 aromatic carbocycles. The second-order valence-electron chi connectivity index (χ2n) is 3.95. The Bertz CT molecular complexity index is 271. The molecule has 0 unspecified atom stereocenters. The van der Waals surface area contributed by atoms with Gasteiger partial charge in [0.05, 0.1) is 12.0 Å². The molecule has 0 spiro atoms. The van der Waals surface area contributed by atoms with Gasteiger partial charge >= 0.3 is 0 Å². The number of rotatable bonds is 2. The van der Waals surface area contributed by atoms with Crippen molar-refractivity contribution in [3.63, 3.8) is 0 Å². The Labute approximate surface area is 79.0 Å². The van der Waals surface area contributed by atoms with Gasteiger partial charge in [-0.15, -0.1) is 0 Å². The Morgan fingerprint density at radius 3 is 2.85 bits per heavy atom. The van der Waals surface area contributed by atoms with E-state index in [0.29, 0.717) is 6.04 Å². The van der Waals surface area contributed by atoms with Crippen LogP contribution in [0.2, 0.25) is 0 Å². The molecule has 72 valence electrons. The Balaban J connectivity index is 2.23. The number of aromatic nitrogens is 2. The van der Waals surface area contributed by atoms with Crippen LogP contribution < -0.4 is 5.73 Å². The van der Waals surface area contributed by atoms with Crippen molar-refractivity contribution in [3.05, 3.63) is 18.2 Å². The third-order valence-electron chi connectivity index (χ3n) is 2.88. The minimum atomic E-state index is 0.100. The monoisotopic (exact) mass is 179 g/mol. The van der Waals surface area contributed by atoms with Crippen LogP contribution in [0.5, 0.6) is 0 Å². The summed E-state index contributed by atoms with van der Waals surface area (Å²) in [6.45, 7) is 2.02. The fraction of sp³-hybridized carbons (Fsp3) is 0.700. The summed E-state index contributed by atoms with van der Waals surface area (Å²) in [5.41, 5.74) is 7.04. The summed E-state index contributed by atoms with van der Waals surface area (Å²) in [4.78, 5) is 4.17.